The fourth-order valence-corrected chi connectivity index (χ4v) is 1.95. The molecule has 14 heavy (non-hydrogen) atoms. The van der Waals surface area contributed by atoms with Gasteiger partial charge in [0.1, 0.15) is 0 Å². The van der Waals surface area contributed by atoms with E-state index in [2.05, 4.69) is 31.8 Å². The number of hydrogen-bond acceptors (Lipinski definition) is 2. The van der Waals surface area contributed by atoms with E-state index >= 15 is 0 Å². The zero-order valence-electron chi connectivity index (χ0n) is 9.17. The van der Waals surface area contributed by atoms with E-state index in [-0.39, 0.29) is 5.41 Å². The van der Waals surface area contributed by atoms with Crippen LogP contribution in [0, 0.1) is 0 Å². The predicted octanol–water partition coefficient (Wildman–Crippen LogP) is 1.80. The molecule has 76 valence electrons. The minimum atomic E-state index is 0.141. The van der Waals surface area contributed by atoms with Gasteiger partial charge in [-0.15, -0.1) is 0 Å². The zero-order chi connectivity index (χ0) is 10.3. The van der Waals surface area contributed by atoms with Crippen molar-refractivity contribution in [1.82, 2.24) is 4.98 Å². The van der Waals surface area contributed by atoms with Crippen LogP contribution in [0.1, 0.15) is 37.6 Å². The molecule has 0 spiro atoms. The highest BCUT2D eigenvalue weighted by Crippen LogP contribution is 2.26. The largest absolute Gasteiger partial charge is 0.327 e. The summed E-state index contributed by atoms with van der Waals surface area (Å²) >= 11 is 0. The normalized spacial score (nSPS) is 21.0. The van der Waals surface area contributed by atoms with Gasteiger partial charge in [-0.25, -0.2) is 0 Å². The summed E-state index contributed by atoms with van der Waals surface area (Å²) in [7, 11) is 0. The highest BCUT2D eigenvalue weighted by atomic mass is 14.7. The fraction of sp³-hybridized carbons (Fsp3) is 0.583. The maximum absolute atomic E-state index is 5.92. The molecule has 2 nitrogen and oxygen atoms in total. The first-order valence-electron chi connectivity index (χ1n) is 5.20. The van der Waals surface area contributed by atoms with E-state index in [1.807, 2.05) is 6.20 Å². The van der Waals surface area contributed by atoms with Gasteiger partial charge in [0.05, 0.1) is 0 Å². The van der Waals surface area contributed by atoms with Crippen LogP contribution in [0.15, 0.2) is 12.3 Å². The van der Waals surface area contributed by atoms with Gasteiger partial charge in [-0.1, -0.05) is 20.8 Å². The molecule has 2 rings (SSSR count). The molecule has 2 heteroatoms. The average molecular weight is 190 g/mol. The number of rotatable bonds is 0. The molecule has 0 radical (unpaired) electrons. The van der Waals surface area contributed by atoms with Crippen LogP contribution in [0.3, 0.4) is 0 Å². The molecule has 1 aromatic rings. The monoisotopic (exact) mass is 190 g/mol. The van der Waals surface area contributed by atoms with Gasteiger partial charge in [-0.05, 0) is 30.0 Å². The van der Waals surface area contributed by atoms with Gasteiger partial charge in [0.25, 0.3) is 0 Å². The lowest BCUT2D eigenvalue weighted by molar-refractivity contribution is 0.568. The second-order valence-corrected chi connectivity index (χ2v) is 5.26. The van der Waals surface area contributed by atoms with Crippen LogP contribution in [-0.4, -0.2) is 11.0 Å². The molecule has 0 saturated heterocycles. The molecular formula is C12H18N2. The summed E-state index contributed by atoms with van der Waals surface area (Å²) in [6, 6.07) is 2.53. The molecule has 1 aliphatic rings. The molecule has 1 atom stereocenters. The Morgan fingerprint density at radius 1 is 1.29 bits per heavy atom. The SMILES string of the molecule is CC(C)(C)c1cc2c(cn1)CC(N)C2. The van der Waals surface area contributed by atoms with Gasteiger partial charge in [0.2, 0.25) is 0 Å². The van der Waals surface area contributed by atoms with Crippen LogP contribution in [0.4, 0.5) is 0 Å². The number of nitrogens with two attached hydrogens (primary N) is 1. The van der Waals surface area contributed by atoms with E-state index in [0.717, 1.165) is 12.8 Å². The molecule has 2 N–H and O–H groups in total. The third kappa shape index (κ3) is 1.67. The predicted molar refractivity (Wildman–Crippen MR) is 58.3 cm³/mol. The summed E-state index contributed by atoms with van der Waals surface area (Å²) in [4.78, 5) is 4.50. The third-order valence-electron chi connectivity index (χ3n) is 2.82. The Labute approximate surface area is 85.5 Å². The zero-order valence-corrected chi connectivity index (χ0v) is 9.17. The highest BCUT2D eigenvalue weighted by Gasteiger charge is 2.22. The summed E-state index contributed by atoms with van der Waals surface area (Å²) in [5.41, 5.74) is 9.97. The lowest BCUT2D eigenvalue weighted by atomic mass is 9.90. The quantitative estimate of drug-likeness (QED) is 0.677. The average Bonchev–Trinajstić information content (AvgIpc) is 2.41. The van der Waals surface area contributed by atoms with E-state index < -0.39 is 0 Å². The van der Waals surface area contributed by atoms with Crippen molar-refractivity contribution >= 4 is 0 Å². The summed E-state index contributed by atoms with van der Waals surface area (Å²) < 4.78 is 0. The van der Waals surface area contributed by atoms with Crippen molar-refractivity contribution in [3.05, 3.63) is 29.1 Å². The van der Waals surface area contributed by atoms with Crippen molar-refractivity contribution in [2.24, 2.45) is 5.73 Å². The number of pyridine rings is 1. The second kappa shape index (κ2) is 3.06. The maximum Gasteiger partial charge on any atom is 0.0460 e. The molecule has 0 bridgehead atoms. The molecule has 1 unspecified atom stereocenters. The smallest absolute Gasteiger partial charge is 0.0460 e. The molecule has 0 aliphatic heterocycles. The Morgan fingerprint density at radius 3 is 2.57 bits per heavy atom. The third-order valence-corrected chi connectivity index (χ3v) is 2.82. The molecule has 0 amide bonds. The Bertz CT molecular complexity index is 350. The van der Waals surface area contributed by atoms with Gasteiger partial charge < -0.3 is 5.73 Å². The first kappa shape index (κ1) is 9.66. The van der Waals surface area contributed by atoms with Gasteiger partial charge in [-0.2, -0.15) is 0 Å². The van der Waals surface area contributed by atoms with Crippen molar-refractivity contribution < 1.29 is 0 Å². The Balaban J connectivity index is 2.38. The van der Waals surface area contributed by atoms with E-state index in [9.17, 15) is 0 Å². The number of nitrogens with zero attached hydrogens (tertiary/aromatic N) is 1. The van der Waals surface area contributed by atoms with Crippen molar-refractivity contribution in [1.29, 1.82) is 0 Å². The van der Waals surface area contributed by atoms with Gasteiger partial charge in [0.15, 0.2) is 0 Å². The van der Waals surface area contributed by atoms with Gasteiger partial charge in [0, 0.05) is 23.3 Å². The molecule has 0 aromatic carbocycles. The van der Waals surface area contributed by atoms with Gasteiger partial charge in [-0.3, -0.25) is 4.98 Å². The summed E-state index contributed by atoms with van der Waals surface area (Å²) in [5, 5.41) is 0. The minimum Gasteiger partial charge on any atom is -0.327 e. The summed E-state index contributed by atoms with van der Waals surface area (Å²) in [6.45, 7) is 6.57. The van der Waals surface area contributed by atoms with E-state index in [0.29, 0.717) is 6.04 Å². The van der Waals surface area contributed by atoms with Crippen LogP contribution in [0.2, 0.25) is 0 Å². The molecule has 1 heterocycles. The van der Waals surface area contributed by atoms with Crippen molar-refractivity contribution in [3.8, 4) is 0 Å². The van der Waals surface area contributed by atoms with Crippen LogP contribution in [0.5, 0.6) is 0 Å². The second-order valence-electron chi connectivity index (χ2n) is 5.26. The lowest BCUT2D eigenvalue weighted by Crippen LogP contribution is -2.19. The first-order chi connectivity index (χ1) is 6.47. The van der Waals surface area contributed by atoms with E-state index in [1.165, 1.54) is 16.8 Å². The van der Waals surface area contributed by atoms with Crippen molar-refractivity contribution in [2.45, 2.75) is 45.1 Å². The minimum absolute atomic E-state index is 0.141. The maximum atomic E-state index is 5.92. The molecular weight excluding hydrogens is 172 g/mol. The molecule has 1 aliphatic carbocycles. The van der Waals surface area contributed by atoms with Crippen molar-refractivity contribution in [2.75, 3.05) is 0 Å². The van der Waals surface area contributed by atoms with E-state index in [4.69, 9.17) is 5.73 Å². The standard InChI is InChI=1S/C12H18N2/c1-12(2,3)11-6-8-4-10(13)5-9(8)7-14-11/h6-7,10H,4-5,13H2,1-3H3. The van der Waals surface area contributed by atoms with Crippen LogP contribution >= 0.6 is 0 Å². The summed E-state index contributed by atoms with van der Waals surface area (Å²) in [6.07, 6.45) is 4.01. The topological polar surface area (TPSA) is 38.9 Å². The summed E-state index contributed by atoms with van der Waals surface area (Å²) in [5.74, 6) is 0. The lowest BCUT2D eigenvalue weighted by Gasteiger charge is -2.18. The molecule has 0 fully saturated rings. The molecule has 0 saturated carbocycles. The highest BCUT2D eigenvalue weighted by molar-refractivity contribution is 5.34. The number of aromatic nitrogens is 1. The van der Waals surface area contributed by atoms with Crippen molar-refractivity contribution in [3.63, 3.8) is 0 Å². The van der Waals surface area contributed by atoms with Crippen LogP contribution in [0.25, 0.3) is 0 Å². The van der Waals surface area contributed by atoms with Crippen LogP contribution in [-0.2, 0) is 18.3 Å². The van der Waals surface area contributed by atoms with E-state index in [1.54, 1.807) is 0 Å². The fourth-order valence-electron chi connectivity index (χ4n) is 1.95. The first-order valence-corrected chi connectivity index (χ1v) is 5.20. The van der Waals surface area contributed by atoms with Crippen LogP contribution < -0.4 is 5.73 Å². The Kier molecular flexibility index (Phi) is 2.11. The number of fused-ring (bicyclic) bond motifs is 1. The Hall–Kier alpha value is -0.890. The number of hydrogen-bond donors (Lipinski definition) is 1. The molecule has 1 aromatic heterocycles. The Morgan fingerprint density at radius 2 is 1.93 bits per heavy atom. The van der Waals surface area contributed by atoms with Gasteiger partial charge >= 0.3 is 0 Å².